The zero-order valence-corrected chi connectivity index (χ0v) is 14.7. The lowest BCUT2D eigenvalue weighted by Crippen LogP contribution is -2.30. The Hall–Kier alpha value is -1.60. The van der Waals surface area contributed by atoms with Crippen molar-refractivity contribution in [2.24, 2.45) is 0 Å². The first kappa shape index (κ1) is 16.8. The van der Waals surface area contributed by atoms with Crippen LogP contribution in [0, 0.1) is 13.8 Å². The number of nitrogens with one attached hydrogen (secondary N) is 1. The summed E-state index contributed by atoms with van der Waals surface area (Å²) in [4.78, 5) is 12.2. The summed E-state index contributed by atoms with van der Waals surface area (Å²) in [5.41, 5.74) is 2.10. The summed E-state index contributed by atoms with van der Waals surface area (Å²) in [5, 5.41) is 11.2. The minimum absolute atomic E-state index is 0.231. The van der Waals surface area contributed by atoms with Crippen LogP contribution in [0.4, 0.5) is 5.13 Å². The Morgan fingerprint density at radius 3 is 2.91 bits per heavy atom. The molecule has 5 nitrogen and oxygen atoms in total. The smallest absolute Gasteiger partial charge is 0.266 e. The van der Waals surface area contributed by atoms with Crippen molar-refractivity contribution in [2.75, 3.05) is 11.1 Å². The van der Waals surface area contributed by atoms with Crippen molar-refractivity contribution in [1.29, 1.82) is 0 Å². The van der Waals surface area contributed by atoms with Crippen LogP contribution in [0.2, 0.25) is 0 Å². The van der Waals surface area contributed by atoms with E-state index in [0.29, 0.717) is 5.13 Å². The van der Waals surface area contributed by atoms with E-state index in [9.17, 15) is 4.79 Å². The van der Waals surface area contributed by atoms with E-state index in [0.717, 1.165) is 27.0 Å². The lowest BCUT2D eigenvalue weighted by Gasteiger charge is -2.15. The van der Waals surface area contributed by atoms with E-state index in [1.54, 1.807) is 18.7 Å². The summed E-state index contributed by atoms with van der Waals surface area (Å²) in [6.07, 6.45) is -0.605. The Kier molecular flexibility index (Phi) is 5.79. The predicted octanol–water partition coefficient (Wildman–Crippen LogP) is 3.67. The monoisotopic (exact) mass is 337 g/mol. The van der Waals surface area contributed by atoms with Crippen molar-refractivity contribution < 1.29 is 9.53 Å². The summed E-state index contributed by atoms with van der Waals surface area (Å²) in [6, 6.07) is 5.93. The number of aromatic nitrogens is 2. The maximum Gasteiger partial charge on any atom is 0.266 e. The number of ether oxygens (including phenoxy) is 1. The molecule has 1 amide bonds. The zero-order valence-electron chi connectivity index (χ0n) is 13.0. The topological polar surface area (TPSA) is 64.1 Å². The number of nitrogens with zero attached hydrogens (tertiary/aromatic N) is 2. The zero-order chi connectivity index (χ0) is 16.1. The summed E-state index contributed by atoms with van der Waals surface area (Å²) >= 11 is 2.97. The van der Waals surface area contributed by atoms with Crippen molar-refractivity contribution in [3.05, 3.63) is 29.3 Å². The van der Waals surface area contributed by atoms with Crippen LogP contribution in [-0.4, -0.2) is 28.0 Å². The van der Waals surface area contributed by atoms with Crippen LogP contribution in [-0.2, 0) is 4.79 Å². The number of rotatable bonds is 6. The van der Waals surface area contributed by atoms with Crippen molar-refractivity contribution in [3.63, 3.8) is 0 Å². The second kappa shape index (κ2) is 7.60. The maximum absolute atomic E-state index is 12.2. The van der Waals surface area contributed by atoms with Crippen LogP contribution in [0.25, 0.3) is 0 Å². The molecule has 1 aromatic heterocycles. The number of hydrogen-bond donors (Lipinski definition) is 1. The quantitative estimate of drug-likeness (QED) is 0.643. The van der Waals surface area contributed by atoms with Crippen molar-refractivity contribution >= 4 is 34.1 Å². The molecule has 1 heterocycles. The minimum atomic E-state index is -0.605. The number of thioether (sulfide) groups is 1. The van der Waals surface area contributed by atoms with Gasteiger partial charge in [0.1, 0.15) is 5.75 Å². The molecule has 7 heteroatoms. The number of amides is 1. The fraction of sp³-hybridized carbons (Fsp3) is 0.400. The molecule has 0 spiro atoms. The van der Waals surface area contributed by atoms with E-state index >= 15 is 0 Å². The van der Waals surface area contributed by atoms with Gasteiger partial charge < -0.3 is 4.74 Å². The fourth-order valence-electron chi connectivity index (χ4n) is 1.73. The average molecular weight is 337 g/mol. The number of carbonyl (C=O) groups excluding carboxylic acids is 1. The Balaban J connectivity index is 1.98. The van der Waals surface area contributed by atoms with Crippen LogP contribution in [0.1, 0.15) is 25.0 Å². The number of hydrogen-bond acceptors (Lipinski definition) is 6. The molecule has 1 aromatic carbocycles. The number of carbonyl (C=O) groups is 1. The molecule has 1 N–H and O–H groups in total. The van der Waals surface area contributed by atoms with Gasteiger partial charge in [0, 0.05) is 0 Å². The summed E-state index contributed by atoms with van der Waals surface area (Å²) in [6.45, 7) is 7.72. The predicted molar refractivity (Wildman–Crippen MR) is 90.9 cm³/mol. The maximum atomic E-state index is 12.2. The molecule has 0 aliphatic rings. The second-order valence-corrected chi connectivity index (χ2v) is 7.31. The van der Waals surface area contributed by atoms with E-state index in [1.807, 2.05) is 39.0 Å². The SMILES string of the molecule is CCSc1nnc(NC(=O)[C@H](C)Oc2cc(C)ccc2C)s1. The van der Waals surface area contributed by atoms with Crippen molar-refractivity contribution in [3.8, 4) is 5.75 Å². The normalized spacial score (nSPS) is 12.0. The second-order valence-electron chi connectivity index (χ2n) is 4.82. The molecule has 1 atom stereocenters. The summed E-state index contributed by atoms with van der Waals surface area (Å²) < 4.78 is 6.60. The highest BCUT2D eigenvalue weighted by Crippen LogP contribution is 2.25. The summed E-state index contributed by atoms with van der Waals surface area (Å²) in [7, 11) is 0. The standard InChI is InChI=1S/C15H19N3O2S2/c1-5-21-15-18-17-14(22-15)16-13(19)11(4)20-12-8-9(2)6-7-10(12)3/h6-8,11H,5H2,1-4H3,(H,16,17,19)/t11-/m0/s1. The van der Waals surface area contributed by atoms with Gasteiger partial charge in [-0.25, -0.2) is 0 Å². The van der Waals surface area contributed by atoms with Crippen LogP contribution in [0.5, 0.6) is 5.75 Å². The van der Waals surface area contributed by atoms with E-state index < -0.39 is 6.10 Å². The Morgan fingerprint density at radius 2 is 2.18 bits per heavy atom. The Morgan fingerprint density at radius 1 is 1.41 bits per heavy atom. The molecule has 2 rings (SSSR count). The van der Waals surface area contributed by atoms with Gasteiger partial charge in [0.25, 0.3) is 5.91 Å². The first-order chi connectivity index (χ1) is 10.5. The van der Waals surface area contributed by atoms with Crippen LogP contribution >= 0.6 is 23.1 Å². The van der Waals surface area contributed by atoms with E-state index in [2.05, 4.69) is 15.5 Å². The first-order valence-electron chi connectivity index (χ1n) is 7.00. The Labute approximate surface area is 138 Å². The molecular weight excluding hydrogens is 318 g/mol. The fourth-order valence-corrected chi connectivity index (χ4v) is 3.38. The van der Waals surface area contributed by atoms with Gasteiger partial charge in [-0.1, -0.05) is 42.2 Å². The first-order valence-corrected chi connectivity index (χ1v) is 8.81. The highest BCUT2D eigenvalue weighted by atomic mass is 32.2. The minimum Gasteiger partial charge on any atom is -0.481 e. The van der Waals surface area contributed by atoms with Gasteiger partial charge in [-0.2, -0.15) is 0 Å². The summed E-state index contributed by atoms with van der Waals surface area (Å²) in [5.74, 6) is 1.42. The van der Waals surface area contributed by atoms with Gasteiger partial charge in [-0.15, -0.1) is 10.2 Å². The molecule has 0 bridgehead atoms. The van der Waals surface area contributed by atoms with Gasteiger partial charge >= 0.3 is 0 Å². The van der Waals surface area contributed by atoms with Gasteiger partial charge in [0.2, 0.25) is 5.13 Å². The van der Waals surface area contributed by atoms with Gasteiger partial charge in [-0.05, 0) is 43.7 Å². The van der Waals surface area contributed by atoms with Gasteiger partial charge in [-0.3, -0.25) is 10.1 Å². The molecule has 0 aliphatic heterocycles. The lowest BCUT2D eigenvalue weighted by molar-refractivity contribution is -0.122. The largest absolute Gasteiger partial charge is 0.481 e. The molecule has 22 heavy (non-hydrogen) atoms. The molecule has 0 radical (unpaired) electrons. The molecule has 0 saturated heterocycles. The van der Waals surface area contributed by atoms with Gasteiger partial charge in [0.15, 0.2) is 10.4 Å². The lowest BCUT2D eigenvalue weighted by atomic mass is 10.1. The van der Waals surface area contributed by atoms with Crippen LogP contribution in [0.15, 0.2) is 22.5 Å². The molecule has 0 fully saturated rings. The molecule has 118 valence electrons. The Bertz CT molecular complexity index is 658. The molecule has 0 unspecified atom stereocenters. The third-order valence-corrected chi connectivity index (χ3v) is 4.78. The molecule has 0 saturated carbocycles. The average Bonchev–Trinajstić information content (AvgIpc) is 2.90. The number of anilines is 1. The third-order valence-electron chi connectivity index (χ3n) is 2.92. The van der Waals surface area contributed by atoms with E-state index in [-0.39, 0.29) is 5.91 Å². The van der Waals surface area contributed by atoms with Crippen molar-refractivity contribution in [1.82, 2.24) is 10.2 Å². The molecular formula is C15H19N3O2S2. The number of benzene rings is 1. The van der Waals surface area contributed by atoms with Crippen molar-refractivity contribution in [2.45, 2.75) is 38.1 Å². The molecule has 2 aromatic rings. The highest BCUT2D eigenvalue weighted by Gasteiger charge is 2.17. The van der Waals surface area contributed by atoms with Gasteiger partial charge in [0.05, 0.1) is 0 Å². The number of aryl methyl sites for hydroxylation is 2. The highest BCUT2D eigenvalue weighted by molar-refractivity contribution is 8.01. The van der Waals surface area contributed by atoms with E-state index in [4.69, 9.17) is 4.74 Å². The van der Waals surface area contributed by atoms with Crippen LogP contribution in [0.3, 0.4) is 0 Å². The van der Waals surface area contributed by atoms with E-state index in [1.165, 1.54) is 11.3 Å². The van der Waals surface area contributed by atoms with Crippen LogP contribution < -0.4 is 10.1 Å². The molecule has 0 aliphatic carbocycles. The third kappa shape index (κ3) is 4.45.